The van der Waals surface area contributed by atoms with Crippen molar-refractivity contribution in [2.24, 2.45) is 0 Å². The van der Waals surface area contributed by atoms with E-state index >= 15 is 0 Å². The van der Waals surface area contributed by atoms with Crippen LogP contribution in [0.3, 0.4) is 0 Å². The zero-order valence-electron chi connectivity index (χ0n) is 15.5. The minimum atomic E-state index is -0.343. The quantitative estimate of drug-likeness (QED) is 0.519. The van der Waals surface area contributed by atoms with Crippen molar-refractivity contribution in [1.29, 1.82) is 0 Å². The Labute approximate surface area is 177 Å². The van der Waals surface area contributed by atoms with Gasteiger partial charge in [-0.3, -0.25) is 14.5 Å². The zero-order valence-corrected chi connectivity index (χ0v) is 17.9. The molecule has 2 aliphatic rings. The molecule has 28 heavy (non-hydrogen) atoms. The summed E-state index contributed by atoms with van der Waals surface area (Å²) in [7, 11) is 0. The smallest absolute Gasteiger partial charge is 0.409 e. The molecule has 150 valence electrons. The van der Waals surface area contributed by atoms with Crippen molar-refractivity contribution in [3.63, 3.8) is 0 Å². The number of nitrogens with zero attached hydrogens (tertiary/aromatic N) is 3. The summed E-state index contributed by atoms with van der Waals surface area (Å²) < 4.78 is 5.46. The largest absolute Gasteiger partial charge is 0.450 e. The monoisotopic (exact) mass is 439 g/mol. The van der Waals surface area contributed by atoms with Crippen molar-refractivity contribution < 1.29 is 19.1 Å². The number of piperazine rings is 1. The predicted octanol–water partition coefficient (Wildman–Crippen LogP) is 2.64. The van der Waals surface area contributed by atoms with Crippen LogP contribution in [0.15, 0.2) is 22.4 Å². The van der Waals surface area contributed by atoms with Gasteiger partial charge in [-0.2, -0.15) is 0 Å². The summed E-state index contributed by atoms with van der Waals surface area (Å²) in [5.74, 6) is -0.192. The van der Waals surface area contributed by atoms with Crippen LogP contribution in [0.5, 0.6) is 0 Å². The third-order valence-corrected chi connectivity index (χ3v) is 6.59. The summed E-state index contributed by atoms with van der Waals surface area (Å²) in [6, 6.07) is 3.87. The van der Waals surface area contributed by atoms with Crippen LogP contribution in [0, 0.1) is 0 Å². The first-order valence-corrected chi connectivity index (χ1v) is 11.1. The lowest BCUT2D eigenvalue weighted by Gasteiger charge is -2.34. The van der Waals surface area contributed by atoms with E-state index in [1.54, 1.807) is 28.1 Å². The van der Waals surface area contributed by atoms with Crippen LogP contribution in [-0.4, -0.2) is 76.3 Å². The highest BCUT2D eigenvalue weighted by Crippen LogP contribution is 2.33. The second kappa shape index (κ2) is 9.53. The maximum atomic E-state index is 12.6. The molecular formula is C18H21N3O4S3. The van der Waals surface area contributed by atoms with Crippen LogP contribution < -0.4 is 0 Å². The van der Waals surface area contributed by atoms with Crippen molar-refractivity contribution in [1.82, 2.24) is 14.7 Å². The van der Waals surface area contributed by atoms with Crippen LogP contribution in [0.1, 0.15) is 18.2 Å². The topological polar surface area (TPSA) is 70.2 Å². The maximum absolute atomic E-state index is 12.6. The number of hydrogen-bond donors (Lipinski definition) is 0. The molecule has 0 radical (unpaired) electrons. The van der Waals surface area contributed by atoms with Crippen LogP contribution in [0.4, 0.5) is 4.79 Å². The number of amides is 3. The van der Waals surface area contributed by atoms with Gasteiger partial charge in [0.25, 0.3) is 5.91 Å². The average molecular weight is 440 g/mol. The fourth-order valence-corrected chi connectivity index (χ4v) is 4.95. The standard InChI is InChI=1S/C18H21N3O4S3/c1-2-25-17(24)20-9-7-19(8-10-20)15(22)5-6-21-16(23)14(28-18(21)26)12-13-4-3-11-27-13/h3-4,11-12H,2,5-10H2,1H3. The molecule has 0 unspecified atom stereocenters. The Morgan fingerprint density at radius 2 is 1.96 bits per heavy atom. The molecule has 3 amide bonds. The third kappa shape index (κ3) is 4.92. The SMILES string of the molecule is CCOC(=O)N1CCN(C(=O)CCN2C(=O)C(=Cc3cccs3)SC2=S)CC1. The van der Waals surface area contributed by atoms with Gasteiger partial charge >= 0.3 is 6.09 Å². The molecular weight excluding hydrogens is 418 g/mol. The first kappa shape index (κ1) is 20.8. The Hall–Kier alpha value is -1.91. The van der Waals surface area contributed by atoms with E-state index < -0.39 is 0 Å². The van der Waals surface area contributed by atoms with Gasteiger partial charge < -0.3 is 14.5 Å². The fourth-order valence-electron chi connectivity index (χ4n) is 2.91. The number of rotatable bonds is 5. The molecule has 10 heteroatoms. The van der Waals surface area contributed by atoms with Gasteiger partial charge in [0.05, 0.1) is 11.5 Å². The minimum Gasteiger partial charge on any atom is -0.450 e. The molecule has 2 saturated heterocycles. The molecule has 0 N–H and O–H groups in total. The molecule has 3 rings (SSSR count). The van der Waals surface area contributed by atoms with Gasteiger partial charge in [-0.05, 0) is 24.4 Å². The first-order chi connectivity index (χ1) is 13.5. The third-order valence-electron chi connectivity index (χ3n) is 4.40. The van der Waals surface area contributed by atoms with Gasteiger partial charge in [0.2, 0.25) is 5.91 Å². The Kier molecular flexibility index (Phi) is 7.08. The number of thiocarbonyl (C=S) groups is 1. The highest BCUT2D eigenvalue weighted by atomic mass is 32.2. The van der Waals surface area contributed by atoms with Gasteiger partial charge in [0.15, 0.2) is 0 Å². The molecule has 0 aromatic carbocycles. The Bertz CT molecular complexity index is 786. The summed E-state index contributed by atoms with van der Waals surface area (Å²) in [5.41, 5.74) is 0. The minimum absolute atomic E-state index is 0.0419. The van der Waals surface area contributed by atoms with E-state index in [9.17, 15) is 14.4 Å². The molecule has 0 saturated carbocycles. The van der Waals surface area contributed by atoms with Gasteiger partial charge in [-0.15, -0.1) is 11.3 Å². The van der Waals surface area contributed by atoms with E-state index in [1.807, 2.05) is 23.6 Å². The van der Waals surface area contributed by atoms with Gasteiger partial charge in [-0.25, -0.2) is 4.79 Å². The Morgan fingerprint density at radius 3 is 2.61 bits per heavy atom. The van der Waals surface area contributed by atoms with Crippen molar-refractivity contribution in [2.45, 2.75) is 13.3 Å². The first-order valence-electron chi connectivity index (χ1n) is 8.98. The summed E-state index contributed by atoms with van der Waals surface area (Å²) in [6.45, 7) is 4.21. The number of thioether (sulfide) groups is 1. The van der Waals surface area contributed by atoms with Crippen LogP contribution in [0.25, 0.3) is 6.08 Å². The van der Waals surface area contributed by atoms with E-state index in [1.165, 1.54) is 16.7 Å². The van der Waals surface area contributed by atoms with Crippen molar-refractivity contribution in [3.05, 3.63) is 27.3 Å². The molecule has 0 spiro atoms. The molecule has 0 atom stereocenters. The van der Waals surface area contributed by atoms with E-state index in [4.69, 9.17) is 17.0 Å². The predicted molar refractivity (Wildman–Crippen MR) is 114 cm³/mol. The van der Waals surface area contributed by atoms with Crippen LogP contribution in [-0.2, 0) is 14.3 Å². The van der Waals surface area contributed by atoms with E-state index in [2.05, 4.69) is 0 Å². The second-order valence-electron chi connectivity index (χ2n) is 6.17. The Balaban J connectivity index is 1.49. The van der Waals surface area contributed by atoms with Crippen molar-refractivity contribution in [3.8, 4) is 0 Å². The number of carbonyl (C=O) groups excluding carboxylic acids is 3. The lowest BCUT2D eigenvalue weighted by atomic mass is 10.2. The summed E-state index contributed by atoms with van der Waals surface area (Å²) in [6.07, 6.45) is 1.70. The van der Waals surface area contributed by atoms with E-state index in [0.717, 1.165) is 4.88 Å². The second-order valence-corrected chi connectivity index (χ2v) is 8.82. The van der Waals surface area contributed by atoms with Gasteiger partial charge in [0, 0.05) is 44.0 Å². The van der Waals surface area contributed by atoms with Gasteiger partial charge in [-0.1, -0.05) is 30.0 Å². The van der Waals surface area contributed by atoms with Gasteiger partial charge in [0.1, 0.15) is 4.32 Å². The molecule has 0 aliphatic carbocycles. The Morgan fingerprint density at radius 1 is 1.25 bits per heavy atom. The highest BCUT2D eigenvalue weighted by molar-refractivity contribution is 8.26. The van der Waals surface area contributed by atoms with E-state index in [-0.39, 0.29) is 30.9 Å². The van der Waals surface area contributed by atoms with Crippen LogP contribution >= 0.6 is 35.3 Å². The lowest BCUT2D eigenvalue weighted by molar-refractivity contribution is -0.133. The lowest BCUT2D eigenvalue weighted by Crippen LogP contribution is -2.51. The highest BCUT2D eigenvalue weighted by Gasteiger charge is 2.33. The van der Waals surface area contributed by atoms with Crippen molar-refractivity contribution in [2.75, 3.05) is 39.3 Å². The van der Waals surface area contributed by atoms with Crippen LogP contribution in [0.2, 0.25) is 0 Å². The normalized spacial score (nSPS) is 18.9. The molecule has 3 heterocycles. The summed E-state index contributed by atoms with van der Waals surface area (Å²) in [5, 5.41) is 1.95. The number of thiophene rings is 1. The molecule has 1 aromatic rings. The molecule has 2 fully saturated rings. The summed E-state index contributed by atoms with van der Waals surface area (Å²) in [4.78, 5) is 43.2. The zero-order chi connectivity index (χ0) is 20.1. The molecule has 1 aromatic heterocycles. The average Bonchev–Trinajstić information content (AvgIpc) is 3.29. The number of hydrogen-bond acceptors (Lipinski definition) is 7. The summed E-state index contributed by atoms with van der Waals surface area (Å²) >= 11 is 8.14. The number of ether oxygens (including phenoxy) is 1. The fraction of sp³-hybridized carbons (Fsp3) is 0.444. The number of carbonyl (C=O) groups is 3. The molecule has 2 aliphatic heterocycles. The molecule has 0 bridgehead atoms. The van der Waals surface area contributed by atoms with E-state index in [0.29, 0.717) is 42.0 Å². The van der Waals surface area contributed by atoms with Crippen molar-refractivity contribution >= 4 is 63.6 Å². The maximum Gasteiger partial charge on any atom is 0.409 e. The molecule has 7 nitrogen and oxygen atoms in total.